The summed E-state index contributed by atoms with van der Waals surface area (Å²) in [6, 6.07) is 12.8. The van der Waals surface area contributed by atoms with Crippen LogP contribution in [0.3, 0.4) is 0 Å². The van der Waals surface area contributed by atoms with E-state index >= 15 is 0 Å². The third-order valence-corrected chi connectivity index (χ3v) is 10.2. The largest absolute Gasteiger partial charge is 0.506 e. The highest BCUT2D eigenvalue weighted by molar-refractivity contribution is 14.1. The Bertz CT molecular complexity index is 1390. The maximum Gasteiger partial charge on any atom is 0.344 e. The van der Waals surface area contributed by atoms with E-state index < -0.39 is 66.0 Å². The molecule has 3 N–H and O–H groups in total. The van der Waals surface area contributed by atoms with Crippen molar-refractivity contribution in [1.29, 1.82) is 0 Å². The van der Waals surface area contributed by atoms with Crippen LogP contribution in [0.5, 0.6) is 5.75 Å². The predicted molar refractivity (Wildman–Crippen MR) is 157 cm³/mol. The van der Waals surface area contributed by atoms with Gasteiger partial charge in [-0.3, -0.25) is 9.59 Å². The van der Waals surface area contributed by atoms with Crippen molar-refractivity contribution in [3.63, 3.8) is 0 Å². The van der Waals surface area contributed by atoms with Crippen LogP contribution in [0.2, 0.25) is 0 Å². The quantitative estimate of drug-likeness (QED) is 0.246. The van der Waals surface area contributed by atoms with Gasteiger partial charge in [0, 0.05) is 28.2 Å². The highest BCUT2D eigenvalue weighted by Gasteiger charge is 2.70. The van der Waals surface area contributed by atoms with E-state index in [0.717, 1.165) is 22.2 Å². The molecule has 2 aromatic rings. The number of phenols is 1. The van der Waals surface area contributed by atoms with Crippen LogP contribution in [0.25, 0.3) is 0 Å². The van der Waals surface area contributed by atoms with E-state index in [4.69, 9.17) is 18.9 Å². The van der Waals surface area contributed by atoms with Gasteiger partial charge >= 0.3 is 23.9 Å². The van der Waals surface area contributed by atoms with Crippen LogP contribution >= 0.6 is 45.2 Å². The Balaban J connectivity index is 1.16. The molecule has 2 aromatic carbocycles. The second-order valence-corrected chi connectivity index (χ2v) is 13.4. The second kappa shape index (κ2) is 11.3. The number of piperidine rings is 1. The zero-order chi connectivity index (χ0) is 28.9. The molecule has 12 heteroatoms. The van der Waals surface area contributed by atoms with E-state index in [0.29, 0.717) is 22.8 Å². The molecule has 6 rings (SSSR count). The van der Waals surface area contributed by atoms with Crippen LogP contribution in [0.15, 0.2) is 42.5 Å². The maximum atomic E-state index is 13.8. The number of esters is 4. The summed E-state index contributed by atoms with van der Waals surface area (Å²) in [4.78, 5) is 52.0. The molecule has 2 heterocycles. The fourth-order valence-electron chi connectivity index (χ4n) is 6.97. The molecular formula is C29H28I2NO9+. The molecule has 2 bridgehead atoms. The Labute approximate surface area is 263 Å². The number of hydrogen-bond acceptors (Lipinski definition) is 9. The van der Waals surface area contributed by atoms with Gasteiger partial charge in [0.05, 0.1) is 28.5 Å². The van der Waals surface area contributed by atoms with Crippen LogP contribution < -0.4 is 5.32 Å². The highest BCUT2D eigenvalue weighted by Crippen LogP contribution is 2.59. The molecule has 2 aliphatic heterocycles. The van der Waals surface area contributed by atoms with Crippen molar-refractivity contribution < 1.29 is 48.5 Å². The van der Waals surface area contributed by atoms with Gasteiger partial charge in [-0.15, -0.1) is 0 Å². The van der Waals surface area contributed by atoms with Gasteiger partial charge in [0.1, 0.15) is 29.1 Å². The SMILES string of the molecule is O=C(COC(=O)c1cc(I)cc(I)c1O)OC1C2CC3C1OC(=O)C3C2C(=O)OC1(c2ccccc2)CC[NH2+]CC1. The molecule has 0 spiro atoms. The van der Waals surface area contributed by atoms with Crippen molar-refractivity contribution in [2.24, 2.45) is 23.7 Å². The Morgan fingerprint density at radius 2 is 1.80 bits per heavy atom. The summed E-state index contributed by atoms with van der Waals surface area (Å²) < 4.78 is 23.9. The first kappa shape index (κ1) is 28.6. The minimum Gasteiger partial charge on any atom is -0.506 e. The summed E-state index contributed by atoms with van der Waals surface area (Å²) >= 11 is 3.91. The lowest BCUT2D eigenvalue weighted by atomic mass is 9.78. The number of carbonyl (C=O) groups is 4. The lowest BCUT2D eigenvalue weighted by Gasteiger charge is -2.38. The first-order valence-electron chi connectivity index (χ1n) is 13.5. The number of phenolic OH excluding ortho intramolecular Hbond substituents is 1. The predicted octanol–water partition coefficient (Wildman–Crippen LogP) is 2.27. The van der Waals surface area contributed by atoms with Gasteiger partial charge < -0.3 is 29.4 Å². The zero-order valence-corrected chi connectivity index (χ0v) is 26.1. The number of carbonyl (C=O) groups excluding carboxylic acids is 4. The summed E-state index contributed by atoms with van der Waals surface area (Å²) in [7, 11) is 0. The van der Waals surface area contributed by atoms with Crippen molar-refractivity contribution in [1.82, 2.24) is 0 Å². The second-order valence-electron chi connectivity index (χ2n) is 11.0. The Kier molecular flexibility index (Phi) is 7.91. The third-order valence-electron chi connectivity index (χ3n) is 8.76. The maximum absolute atomic E-state index is 13.8. The lowest BCUT2D eigenvalue weighted by molar-refractivity contribution is -0.668. The van der Waals surface area contributed by atoms with E-state index in [1.165, 1.54) is 6.07 Å². The average molecular weight is 788 g/mol. The number of rotatable bonds is 7. The Morgan fingerprint density at radius 1 is 1.07 bits per heavy atom. The van der Waals surface area contributed by atoms with Gasteiger partial charge in [-0.25, -0.2) is 9.59 Å². The van der Waals surface area contributed by atoms with Gasteiger partial charge in [-0.05, 0) is 69.3 Å². The fourth-order valence-corrected chi connectivity index (χ4v) is 8.81. The number of ether oxygens (including phenoxy) is 4. The van der Waals surface area contributed by atoms with E-state index in [2.05, 4.69) is 5.32 Å². The molecule has 0 aromatic heterocycles. The number of halogens is 2. The van der Waals surface area contributed by atoms with Crippen molar-refractivity contribution in [3.05, 3.63) is 60.7 Å². The van der Waals surface area contributed by atoms with Crippen molar-refractivity contribution in [3.8, 4) is 5.75 Å². The van der Waals surface area contributed by atoms with Crippen LogP contribution in [-0.4, -0.2) is 60.9 Å². The zero-order valence-electron chi connectivity index (χ0n) is 21.8. The number of aromatic hydroxyl groups is 1. The van der Waals surface area contributed by atoms with Gasteiger partial charge in [-0.2, -0.15) is 0 Å². The van der Waals surface area contributed by atoms with E-state index in [1.807, 2.05) is 75.5 Å². The summed E-state index contributed by atoms with van der Waals surface area (Å²) in [5, 5.41) is 12.4. The van der Waals surface area contributed by atoms with Crippen molar-refractivity contribution in [2.75, 3.05) is 19.7 Å². The number of benzene rings is 2. The molecule has 216 valence electrons. The molecule has 41 heavy (non-hydrogen) atoms. The van der Waals surface area contributed by atoms with Crippen LogP contribution in [0.1, 0.15) is 35.2 Å². The molecule has 0 amide bonds. The first-order valence-corrected chi connectivity index (χ1v) is 15.7. The van der Waals surface area contributed by atoms with Crippen molar-refractivity contribution in [2.45, 2.75) is 37.1 Å². The Hall–Kier alpha value is -2.46. The first-order chi connectivity index (χ1) is 19.7. The smallest absolute Gasteiger partial charge is 0.344 e. The van der Waals surface area contributed by atoms with Gasteiger partial charge in [0.25, 0.3) is 0 Å². The molecule has 4 aliphatic rings. The van der Waals surface area contributed by atoms with Crippen molar-refractivity contribution >= 4 is 69.1 Å². The topological polar surface area (TPSA) is 142 Å². The fraction of sp³-hybridized carbons (Fsp3) is 0.448. The summed E-state index contributed by atoms with van der Waals surface area (Å²) in [6.45, 7) is 0.927. The summed E-state index contributed by atoms with van der Waals surface area (Å²) in [5.41, 5.74) is 0.0858. The van der Waals surface area contributed by atoms with Gasteiger partial charge in [0.2, 0.25) is 0 Å². The molecule has 6 unspecified atom stereocenters. The molecule has 2 saturated carbocycles. The van der Waals surface area contributed by atoms with Crippen LogP contribution in [-0.2, 0) is 38.9 Å². The molecule has 10 nitrogen and oxygen atoms in total. The molecule has 2 aliphatic carbocycles. The number of hydrogen-bond donors (Lipinski definition) is 2. The highest BCUT2D eigenvalue weighted by atomic mass is 127. The summed E-state index contributed by atoms with van der Waals surface area (Å²) in [5.74, 6) is -4.97. The number of fused-ring (bicyclic) bond motifs is 1. The molecule has 6 atom stereocenters. The minimum absolute atomic E-state index is 0.0583. The van der Waals surface area contributed by atoms with E-state index in [-0.39, 0.29) is 17.2 Å². The molecule has 4 fully saturated rings. The van der Waals surface area contributed by atoms with Gasteiger partial charge in [-0.1, -0.05) is 30.3 Å². The molecule has 2 saturated heterocycles. The van der Waals surface area contributed by atoms with Crippen LogP contribution in [0, 0.1) is 30.8 Å². The number of quaternary nitrogens is 1. The monoisotopic (exact) mass is 788 g/mol. The van der Waals surface area contributed by atoms with Crippen LogP contribution in [0.4, 0.5) is 0 Å². The average Bonchev–Trinajstić information content (AvgIpc) is 3.59. The third kappa shape index (κ3) is 5.19. The van der Waals surface area contributed by atoms with E-state index in [1.54, 1.807) is 6.07 Å². The summed E-state index contributed by atoms with van der Waals surface area (Å²) in [6.07, 6.45) is 0.320. The molecule has 0 radical (unpaired) electrons. The van der Waals surface area contributed by atoms with Gasteiger partial charge in [0.15, 0.2) is 6.61 Å². The minimum atomic E-state index is -0.867. The Morgan fingerprint density at radius 3 is 2.54 bits per heavy atom. The number of nitrogens with two attached hydrogens (primary N) is 1. The van der Waals surface area contributed by atoms with E-state index in [9.17, 15) is 24.3 Å². The standard InChI is InChI=1S/C29H27I2NO9/c30-15-10-18(23(34)19(31)11-15)26(35)38-13-20(33)39-24-17-12-16-21(27(36)40-25(16)24)22(17)28(37)41-29(6-8-32-9-7-29)14-4-2-1-3-5-14/h1-5,10-11,16-17,21-22,24-25,32,34H,6-9,12-13H2/p+1. The molecular weight excluding hydrogens is 760 g/mol. The normalized spacial score (nSPS) is 29.1. The lowest BCUT2D eigenvalue weighted by Crippen LogP contribution is -2.87.